The van der Waals surface area contributed by atoms with Crippen molar-refractivity contribution in [3.8, 4) is 0 Å². The molecule has 1 aromatic rings. The average molecular weight is 235 g/mol. The molecule has 0 saturated carbocycles. The zero-order valence-corrected chi connectivity index (χ0v) is 11.3. The van der Waals surface area contributed by atoms with E-state index in [1.807, 2.05) is 19.1 Å². The van der Waals surface area contributed by atoms with Gasteiger partial charge < -0.3 is 5.11 Å². The summed E-state index contributed by atoms with van der Waals surface area (Å²) in [6.07, 6.45) is 9.60. The Labute approximate surface area is 105 Å². The monoisotopic (exact) mass is 235 g/mol. The first kappa shape index (κ1) is 14.2. The van der Waals surface area contributed by atoms with Crippen molar-refractivity contribution in [3.63, 3.8) is 0 Å². The zero-order valence-electron chi connectivity index (χ0n) is 11.3. The summed E-state index contributed by atoms with van der Waals surface area (Å²) in [4.78, 5) is 4.08. The first-order chi connectivity index (χ1) is 8.09. The molecule has 2 heteroatoms. The van der Waals surface area contributed by atoms with E-state index >= 15 is 0 Å². The third-order valence-electron chi connectivity index (χ3n) is 3.70. The molecule has 2 nitrogen and oxygen atoms in total. The summed E-state index contributed by atoms with van der Waals surface area (Å²) >= 11 is 0. The topological polar surface area (TPSA) is 33.1 Å². The van der Waals surface area contributed by atoms with Crippen LogP contribution in [0.1, 0.15) is 58.4 Å². The Balaban J connectivity index is 2.52. The zero-order chi connectivity index (χ0) is 12.7. The number of unbranched alkanes of at least 4 members (excludes halogenated alkanes) is 3. The third kappa shape index (κ3) is 4.12. The maximum absolute atomic E-state index is 10.6. The molecule has 0 spiro atoms. The molecular formula is C15H25NO. The fraction of sp³-hybridized carbons (Fsp3) is 0.667. The van der Waals surface area contributed by atoms with E-state index in [4.69, 9.17) is 0 Å². The van der Waals surface area contributed by atoms with Crippen LogP contribution in [0.2, 0.25) is 0 Å². The van der Waals surface area contributed by atoms with E-state index in [0.717, 1.165) is 12.0 Å². The number of hydrogen-bond donors (Lipinski definition) is 1. The van der Waals surface area contributed by atoms with E-state index in [2.05, 4.69) is 18.8 Å². The number of aliphatic hydroxyl groups is 1. The van der Waals surface area contributed by atoms with Gasteiger partial charge in [0.25, 0.3) is 0 Å². The van der Waals surface area contributed by atoms with Crippen LogP contribution >= 0.6 is 0 Å². The summed E-state index contributed by atoms with van der Waals surface area (Å²) in [6.45, 7) is 6.24. The van der Waals surface area contributed by atoms with Crippen molar-refractivity contribution in [2.75, 3.05) is 0 Å². The Morgan fingerprint density at radius 2 is 2.12 bits per heavy atom. The lowest BCUT2D eigenvalue weighted by atomic mass is 9.82. The fourth-order valence-corrected chi connectivity index (χ4v) is 2.11. The maximum Gasteiger partial charge on any atom is 0.0908 e. The Morgan fingerprint density at radius 3 is 2.71 bits per heavy atom. The van der Waals surface area contributed by atoms with Crippen molar-refractivity contribution in [1.29, 1.82) is 0 Å². The van der Waals surface area contributed by atoms with Gasteiger partial charge in [0.1, 0.15) is 0 Å². The summed E-state index contributed by atoms with van der Waals surface area (Å²) in [7, 11) is 0. The molecule has 0 aromatic carbocycles. The van der Waals surface area contributed by atoms with Gasteiger partial charge >= 0.3 is 0 Å². The number of aromatic nitrogens is 1. The van der Waals surface area contributed by atoms with Crippen LogP contribution in [0, 0.1) is 5.92 Å². The summed E-state index contributed by atoms with van der Waals surface area (Å²) in [5, 5.41) is 10.6. The molecule has 0 amide bonds. The van der Waals surface area contributed by atoms with Crippen LogP contribution in [0.3, 0.4) is 0 Å². The lowest BCUT2D eigenvalue weighted by Crippen LogP contribution is -2.30. The molecule has 1 rings (SSSR count). The predicted molar refractivity (Wildman–Crippen MR) is 71.7 cm³/mol. The minimum Gasteiger partial charge on any atom is -0.385 e. The summed E-state index contributed by atoms with van der Waals surface area (Å²) < 4.78 is 0. The number of pyridine rings is 1. The van der Waals surface area contributed by atoms with Crippen LogP contribution in [-0.2, 0) is 5.60 Å². The van der Waals surface area contributed by atoms with Crippen molar-refractivity contribution in [3.05, 3.63) is 30.1 Å². The Kier molecular flexibility index (Phi) is 5.63. The molecule has 1 N–H and O–H groups in total. The Bertz CT molecular complexity index is 308. The maximum atomic E-state index is 10.6. The smallest absolute Gasteiger partial charge is 0.0908 e. The molecule has 0 saturated heterocycles. The highest BCUT2D eigenvalue weighted by Crippen LogP contribution is 2.31. The summed E-state index contributed by atoms with van der Waals surface area (Å²) in [5.41, 5.74) is 0.156. The molecule has 0 fully saturated rings. The molecule has 0 aliphatic carbocycles. The Morgan fingerprint density at radius 1 is 1.35 bits per heavy atom. The molecule has 2 unspecified atom stereocenters. The molecule has 2 atom stereocenters. The molecule has 17 heavy (non-hydrogen) atoms. The highest BCUT2D eigenvalue weighted by molar-refractivity contribution is 5.17. The largest absolute Gasteiger partial charge is 0.385 e. The van der Waals surface area contributed by atoms with Crippen molar-refractivity contribution in [2.45, 2.75) is 58.5 Å². The van der Waals surface area contributed by atoms with E-state index < -0.39 is 5.60 Å². The molecule has 0 radical (unpaired) electrons. The van der Waals surface area contributed by atoms with Crippen LogP contribution in [0.5, 0.6) is 0 Å². The second kappa shape index (κ2) is 6.75. The van der Waals surface area contributed by atoms with Gasteiger partial charge in [0.15, 0.2) is 0 Å². The van der Waals surface area contributed by atoms with Crippen LogP contribution in [0.25, 0.3) is 0 Å². The third-order valence-corrected chi connectivity index (χ3v) is 3.70. The molecule has 0 aliphatic rings. The second-order valence-corrected chi connectivity index (χ2v) is 5.14. The van der Waals surface area contributed by atoms with E-state index in [-0.39, 0.29) is 5.92 Å². The highest BCUT2D eigenvalue weighted by Gasteiger charge is 2.29. The number of nitrogens with zero attached hydrogens (tertiary/aromatic N) is 1. The van der Waals surface area contributed by atoms with Gasteiger partial charge in [-0.2, -0.15) is 0 Å². The molecule has 0 bridgehead atoms. The van der Waals surface area contributed by atoms with Crippen LogP contribution in [0.15, 0.2) is 24.5 Å². The van der Waals surface area contributed by atoms with Gasteiger partial charge in [-0.3, -0.25) is 4.98 Å². The van der Waals surface area contributed by atoms with Gasteiger partial charge in [-0.05, 0) is 25.3 Å². The first-order valence-corrected chi connectivity index (χ1v) is 6.72. The lowest BCUT2D eigenvalue weighted by molar-refractivity contribution is -0.00318. The quantitative estimate of drug-likeness (QED) is 0.727. The normalized spacial score (nSPS) is 16.5. The standard InChI is InChI=1S/C15H25NO/c1-4-5-6-7-9-13(2)15(3,17)14-10-8-11-16-12-14/h8,10-13,17H,4-7,9H2,1-3H3. The first-order valence-electron chi connectivity index (χ1n) is 6.72. The highest BCUT2D eigenvalue weighted by atomic mass is 16.3. The summed E-state index contributed by atoms with van der Waals surface area (Å²) in [6, 6.07) is 3.84. The van der Waals surface area contributed by atoms with Crippen molar-refractivity contribution in [1.82, 2.24) is 4.98 Å². The Hall–Kier alpha value is -0.890. The van der Waals surface area contributed by atoms with E-state index in [1.165, 1.54) is 25.7 Å². The van der Waals surface area contributed by atoms with Crippen molar-refractivity contribution in [2.24, 2.45) is 5.92 Å². The van der Waals surface area contributed by atoms with Gasteiger partial charge in [-0.15, -0.1) is 0 Å². The summed E-state index contributed by atoms with van der Waals surface area (Å²) in [5.74, 6) is 0.267. The van der Waals surface area contributed by atoms with Crippen LogP contribution < -0.4 is 0 Å². The minimum atomic E-state index is -0.763. The van der Waals surface area contributed by atoms with Gasteiger partial charge in [0.2, 0.25) is 0 Å². The second-order valence-electron chi connectivity index (χ2n) is 5.14. The van der Waals surface area contributed by atoms with Crippen molar-refractivity contribution >= 4 is 0 Å². The fourth-order valence-electron chi connectivity index (χ4n) is 2.11. The van der Waals surface area contributed by atoms with E-state index in [9.17, 15) is 5.11 Å². The SMILES string of the molecule is CCCCCCC(C)C(C)(O)c1cccnc1. The van der Waals surface area contributed by atoms with Gasteiger partial charge in [-0.1, -0.05) is 45.6 Å². The number of hydrogen-bond acceptors (Lipinski definition) is 2. The minimum absolute atomic E-state index is 0.267. The van der Waals surface area contributed by atoms with Gasteiger partial charge in [-0.25, -0.2) is 0 Å². The predicted octanol–water partition coefficient (Wildman–Crippen LogP) is 3.90. The number of rotatable bonds is 7. The van der Waals surface area contributed by atoms with Crippen molar-refractivity contribution < 1.29 is 5.11 Å². The van der Waals surface area contributed by atoms with Crippen LogP contribution in [0.4, 0.5) is 0 Å². The average Bonchev–Trinajstić information content (AvgIpc) is 2.35. The molecule has 1 heterocycles. The lowest BCUT2D eigenvalue weighted by Gasteiger charge is -2.30. The van der Waals surface area contributed by atoms with E-state index in [0.29, 0.717) is 0 Å². The van der Waals surface area contributed by atoms with Gasteiger partial charge in [0.05, 0.1) is 5.60 Å². The molecule has 1 aromatic heterocycles. The molecule has 96 valence electrons. The van der Waals surface area contributed by atoms with Gasteiger partial charge in [0, 0.05) is 18.0 Å². The van der Waals surface area contributed by atoms with E-state index in [1.54, 1.807) is 12.4 Å². The molecular weight excluding hydrogens is 210 g/mol. The van der Waals surface area contributed by atoms with Crippen LogP contribution in [-0.4, -0.2) is 10.1 Å². The molecule has 0 aliphatic heterocycles.